The van der Waals surface area contributed by atoms with Crippen LogP contribution in [0.25, 0.3) is 0 Å². The van der Waals surface area contributed by atoms with Crippen LogP contribution in [0.5, 0.6) is 0 Å². The summed E-state index contributed by atoms with van der Waals surface area (Å²) in [5.41, 5.74) is 0. The SMILES string of the molecule is FC(F)(F)C(NC1=NCCS1)C1CCCCC1. The number of thioether (sulfide) groups is 1. The van der Waals surface area contributed by atoms with E-state index < -0.39 is 12.2 Å². The molecule has 2 rings (SSSR count). The van der Waals surface area contributed by atoms with Crippen LogP contribution in [0.3, 0.4) is 0 Å². The van der Waals surface area contributed by atoms with E-state index >= 15 is 0 Å². The van der Waals surface area contributed by atoms with Gasteiger partial charge in [-0.3, -0.25) is 4.99 Å². The number of nitrogens with one attached hydrogen (secondary N) is 1. The molecule has 2 nitrogen and oxygen atoms in total. The molecule has 1 saturated carbocycles. The monoisotopic (exact) mass is 266 g/mol. The highest BCUT2D eigenvalue weighted by Crippen LogP contribution is 2.35. The molecule has 0 aromatic rings. The van der Waals surface area contributed by atoms with Gasteiger partial charge in [0.15, 0.2) is 5.17 Å². The molecular formula is C11H17F3N2S. The van der Waals surface area contributed by atoms with Crippen LogP contribution in [-0.4, -0.2) is 29.7 Å². The van der Waals surface area contributed by atoms with Crippen LogP contribution in [0.2, 0.25) is 0 Å². The van der Waals surface area contributed by atoms with E-state index in [0.717, 1.165) is 25.0 Å². The van der Waals surface area contributed by atoms with Crippen molar-refractivity contribution in [2.45, 2.75) is 44.3 Å². The first-order chi connectivity index (χ1) is 8.07. The molecule has 17 heavy (non-hydrogen) atoms. The number of alkyl halides is 3. The third kappa shape index (κ3) is 3.53. The van der Waals surface area contributed by atoms with Crippen molar-refractivity contribution in [1.82, 2.24) is 5.32 Å². The van der Waals surface area contributed by atoms with Crippen LogP contribution in [-0.2, 0) is 0 Å². The summed E-state index contributed by atoms with van der Waals surface area (Å²) < 4.78 is 39.1. The second-order valence-electron chi connectivity index (χ2n) is 4.60. The van der Waals surface area contributed by atoms with Crippen LogP contribution in [0.1, 0.15) is 32.1 Å². The van der Waals surface area contributed by atoms with Gasteiger partial charge in [-0.2, -0.15) is 13.2 Å². The first kappa shape index (κ1) is 13.1. The number of halogens is 3. The maximum atomic E-state index is 13.0. The van der Waals surface area contributed by atoms with Crippen LogP contribution in [0.15, 0.2) is 4.99 Å². The number of nitrogens with zero attached hydrogens (tertiary/aromatic N) is 1. The quantitative estimate of drug-likeness (QED) is 0.830. The molecule has 0 amide bonds. The summed E-state index contributed by atoms with van der Waals surface area (Å²) >= 11 is 1.39. The van der Waals surface area contributed by atoms with Crippen molar-refractivity contribution in [3.05, 3.63) is 0 Å². The molecular weight excluding hydrogens is 249 g/mol. The smallest absolute Gasteiger partial charge is 0.353 e. The molecule has 1 aliphatic carbocycles. The van der Waals surface area contributed by atoms with Gasteiger partial charge in [-0.25, -0.2) is 0 Å². The van der Waals surface area contributed by atoms with E-state index in [1.807, 2.05) is 0 Å². The fourth-order valence-corrected chi connectivity index (χ4v) is 3.26. The fraction of sp³-hybridized carbons (Fsp3) is 0.909. The molecule has 0 saturated heterocycles. The highest BCUT2D eigenvalue weighted by atomic mass is 32.2. The van der Waals surface area contributed by atoms with E-state index in [-0.39, 0.29) is 5.92 Å². The predicted octanol–water partition coefficient (Wildman–Crippen LogP) is 3.19. The van der Waals surface area contributed by atoms with E-state index in [4.69, 9.17) is 0 Å². The molecule has 1 unspecified atom stereocenters. The number of amidine groups is 1. The number of hydrogen-bond acceptors (Lipinski definition) is 3. The molecule has 1 fully saturated rings. The van der Waals surface area contributed by atoms with E-state index in [0.29, 0.717) is 24.6 Å². The average molecular weight is 266 g/mol. The third-order valence-corrected chi connectivity index (χ3v) is 4.25. The van der Waals surface area contributed by atoms with Gasteiger partial charge >= 0.3 is 6.18 Å². The first-order valence-corrected chi connectivity index (χ1v) is 7.06. The third-order valence-electron chi connectivity index (χ3n) is 3.34. The summed E-state index contributed by atoms with van der Waals surface area (Å²) in [4.78, 5) is 4.05. The summed E-state index contributed by atoms with van der Waals surface area (Å²) in [5, 5.41) is 3.08. The van der Waals surface area contributed by atoms with Crippen molar-refractivity contribution >= 4 is 16.9 Å². The van der Waals surface area contributed by atoms with E-state index in [2.05, 4.69) is 10.3 Å². The van der Waals surface area contributed by atoms with Crippen molar-refractivity contribution in [3.8, 4) is 0 Å². The lowest BCUT2D eigenvalue weighted by atomic mass is 9.83. The van der Waals surface area contributed by atoms with Gasteiger partial charge in [0.05, 0.1) is 6.54 Å². The van der Waals surface area contributed by atoms with Crippen molar-refractivity contribution in [3.63, 3.8) is 0 Å². The van der Waals surface area contributed by atoms with Gasteiger partial charge in [0, 0.05) is 5.75 Å². The van der Waals surface area contributed by atoms with Crippen molar-refractivity contribution < 1.29 is 13.2 Å². The first-order valence-electron chi connectivity index (χ1n) is 6.08. The normalized spacial score (nSPS) is 24.5. The zero-order valence-electron chi connectivity index (χ0n) is 9.59. The minimum absolute atomic E-state index is 0.285. The van der Waals surface area contributed by atoms with E-state index in [1.165, 1.54) is 11.8 Å². The minimum Gasteiger partial charge on any atom is -0.353 e. The largest absolute Gasteiger partial charge is 0.408 e. The van der Waals surface area contributed by atoms with Crippen molar-refractivity contribution in [2.75, 3.05) is 12.3 Å². The van der Waals surface area contributed by atoms with Crippen LogP contribution >= 0.6 is 11.8 Å². The Bertz CT molecular complexity index is 285. The summed E-state index contributed by atoms with van der Waals surface area (Å²) in [5.74, 6) is 0.505. The Hall–Kier alpha value is -0.390. The Morgan fingerprint density at radius 2 is 1.94 bits per heavy atom. The molecule has 1 atom stereocenters. The predicted molar refractivity (Wildman–Crippen MR) is 64.3 cm³/mol. The summed E-state index contributed by atoms with van der Waals surface area (Å²) in [6, 6.07) is -1.41. The highest BCUT2D eigenvalue weighted by Gasteiger charge is 2.45. The lowest BCUT2D eigenvalue weighted by Gasteiger charge is -2.32. The molecule has 2 aliphatic rings. The summed E-state index contributed by atoms with van der Waals surface area (Å²) in [6.07, 6.45) is 0.0752. The topological polar surface area (TPSA) is 24.4 Å². The minimum atomic E-state index is -4.17. The molecule has 0 aromatic carbocycles. The Morgan fingerprint density at radius 3 is 2.47 bits per heavy atom. The zero-order chi connectivity index (χ0) is 12.3. The van der Waals surface area contributed by atoms with Gasteiger partial charge < -0.3 is 5.32 Å². The number of hydrogen-bond donors (Lipinski definition) is 1. The van der Waals surface area contributed by atoms with Gasteiger partial charge in [0.2, 0.25) is 0 Å². The molecule has 0 radical (unpaired) electrons. The molecule has 0 bridgehead atoms. The number of aliphatic imine (C=N–C) groups is 1. The van der Waals surface area contributed by atoms with Gasteiger partial charge in [-0.1, -0.05) is 31.0 Å². The van der Waals surface area contributed by atoms with E-state index in [9.17, 15) is 13.2 Å². The van der Waals surface area contributed by atoms with Crippen molar-refractivity contribution in [2.24, 2.45) is 10.9 Å². The number of rotatable bonds is 2. The molecule has 1 heterocycles. The maximum Gasteiger partial charge on any atom is 0.408 e. The van der Waals surface area contributed by atoms with Gasteiger partial charge in [-0.05, 0) is 18.8 Å². The Labute approximate surface area is 103 Å². The molecule has 1 aliphatic heterocycles. The Morgan fingerprint density at radius 1 is 1.24 bits per heavy atom. The molecule has 0 spiro atoms. The highest BCUT2D eigenvalue weighted by molar-refractivity contribution is 8.14. The van der Waals surface area contributed by atoms with Gasteiger partial charge in [0.25, 0.3) is 0 Å². The molecule has 0 aromatic heterocycles. The lowest BCUT2D eigenvalue weighted by Crippen LogP contribution is -2.49. The van der Waals surface area contributed by atoms with Crippen LogP contribution in [0.4, 0.5) is 13.2 Å². The maximum absolute atomic E-state index is 13.0. The molecule has 1 N–H and O–H groups in total. The standard InChI is InChI=1S/C11H17F3N2S/c12-11(13,14)9(8-4-2-1-3-5-8)16-10-15-6-7-17-10/h8-9H,1-7H2,(H,15,16). The van der Waals surface area contributed by atoms with E-state index in [1.54, 1.807) is 0 Å². The Kier molecular flexibility index (Phi) is 4.22. The fourth-order valence-electron chi connectivity index (χ4n) is 2.49. The van der Waals surface area contributed by atoms with Gasteiger partial charge in [0.1, 0.15) is 6.04 Å². The van der Waals surface area contributed by atoms with Crippen molar-refractivity contribution in [1.29, 1.82) is 0 Å². The zero-order valence-corrected chi connectivity index (χ0v) is 10.4. The van der Waals surface area contributed by atoms with Gasteiger partial charge in [-0.15, -0.1) is 0 Å². The average Bonchev–Trinajstić information content (AvgIpc) is 2.78. The van der Waals surface area contributed by atoms with Crippen LogP contribution in [0, 0.1) is 5.92 Å². The van der Waals surface area contributed by atoms with Crippen LogP contribution < -0.4 is 5.32 Å². The second-order valence-corrected chi connectivity index (χ2v) is 5.68. The second kappa shape index (κ2) is 5.50. The molecule has 6 heteroatoms. The summed E-state index contributed by atoms with van der Waals surface area (Å²) in [6.45, 7) is 0.627. The Balaban J connectivity index is 2.01. The summed E-state index contributed by atoms with van der Waals surface area (Å²) in [7, 11) is 0. The lowest BCUT2D eigenvalue weighted by molar-refractivity contribution is -0.166. The molecule has 98 valence electrons.